The van der Waals surface area contributed by atoms with Crippen LogP contribution in [0.15, 0.2) is 36.4 Å². The predicted octanol–water partition coefficient (Wildman–Crippen LogP) is 3.58. The molecule has 0 spiro atoms. The van der Waals surface area contributed by atoms with Crippen molar-refractivity contribution in [2.24, 2.45) is 5.92 Å². The first-order valence-corrected chi connectivity index (χ1v) is 8.42. The summed E-state index contributed by atoms with van der Waals surface area (Å²) in [7, 11) is 0. The summed E-state index contributed by atoms with van der Waals surface area (Å²) in [6.45, 7) is 0. The topological polar surface area (TPSA) is 81.4 Å². The van der Waals surface area contributed by atoms with Crippen LogP contribution >= 0.6 is 0 Å². The highest BCUT2D eigenvalue weighted by Gasteiger charge is 2.19. The normalized spacial score (nSPS) is 15.2. The van der Waals surface area contributed by atoms with Crippen molar-refractivity contribution in [2.75, 3.05) is 5.73 Å². The summed E-state index contributed by atoms with van der Waals surface area (Å²) in [6, 6.07) is 11.1. The monoisotopic (exact) mass is 326 g/mol. The van der Waals surface area contributed by atoms with Crippen molar-refractivity contribution < 1.29 is 14.4 Å². The third kappa shape index (κ3) is 3.85. The van der Waals surface area contributed by atoms with Crippen LogP contribution in [0.5, 0.6) is 0 Å². The number of carbonyl (C=O) groups is 2. The summed E-state index contributed by atoms with van der Waals surface area (Å²) in [5.74, 6) is -0.529. The molecule has 0 unspecified atom stereocenters. The first kappa shape index (κ1) is 16.3. The molecule has 0 bridgehead atoms. The van der Waals surface area contributed by atoms with Crippen molar-refractivity contribution >= 4 is 28.3 Å². The lowest BCUT2D eigenvalue weighted by Crippen LogP contribution is -2.28. The molecule has 1 aliphatic carbocycles. The maximum Gasteiger partial charge on any atom is 0.332 e. The number of nitrogens with two attached hydrogens (primary N) is 1. The molecule has 0 radical (unpaired) electrons. The Morgan fingerprint density at radius 1 is 1.08 bits per heavy atom. The minimum atomic E-state index is -0.504. The first-order valence-electron chi connectivity index (χ1n) is 8.42. The molecule has 1 saturated carbocycles. The highest BCUT2D eigenvalue weighted by Crippen LogP contribution is 2.26. The Labute approximate surface area is 141 Å². The Balaban J connectivity index is 1.60. The number of anilines is 1. The molecule has 0 saturated heterocycles. The number of hydrogen-bond acceptors (Lipinski definition) is 4. The Kier molecular flexibility index (Phi) is 4.99. The SMILES string of the molecule is Nc1cc2ccccc2cc1C(=O)NOC(=O)CC1CCCCC1. The Morgan fingerprint density at radius 3 is 2.46 bits per heavy atom. The zero-order valence-electron chi connectivity index (χ0n) is 13.6. The molecular weight excluding hydrogens is 304 g/mol. The van der Waals surface area contributed by atoms with Gasteiger partial charge in [0, 0.05) is 5.69 Å². The lowest BCUT2D eigenvalue weighted by atomic mass is 9.87. The molecule has 0 atom stereocenters. The van der Waals surface area contributed by atoms with Crippen molar-refractivity contribution in [1.82, 2.24) is 5.48 Å². The van der Waals surface area contributed by atoms with E-state index in [1.165, 1.54) is 6.42 Å². The quantitative estimate of drug-likeness (QED) is 0.667. The van der Waals surface area contributed by atoms with E-state index in [0.717, 1.165) is 36.5 Å². The van der Waals surface area contributed by atoms with E-state index >= 15 is 0 Å². The molecular formula is C19H22N2O3. The van der Waals surface area contributed by atoms with Gasteiger partial charge in [-0.3, -0.25) is 4.79 Å². The average Bonchev–Trinajstić information content (AvgIpc) is 2.60. The van der Waals surface area contributed by atoms with Gasteiger partial charge in [0.15, 0.2) is 0 Å². The number of amides is 1. The summed E-state index contributed by atoms with van der Waals surface area (Å²) >= 11 is 0. The first-order chi connectivity index (χ1) is 11.6. The van der Waals surface area contributed by atoms with Crippen LogP contribution in [0.25, 0.3) is 10.8 Å². The molecule has 2 aromatic carbocycles. The van der Waals surface area contributed by atoms with Gasteiger partial charge in [-0.15, -0.1) is 0 Å². The lowest BCUT2D eigenvalue weighted by Gasteiger charge is -2.20. The van der Waals surface area contributed by atoms with Gasteiger partial charge in [0.05, 0.1) is 12.0 Å². The van der Waals surface area contributed by atoms with Gasteiger partial charge in [0.2, 0.25) is 0 Å². The van der Waals surface area contributed by atoms with Crippen LogP contribution in [0.4, 0.5) is 5.69 Å². The fourth-order valence-electron chi connectivity index (χ4n) is 3.28. The molecule has 0 heterocycles. The van der Waals surface area contributed by atoms with Crippen LogP contribution in [0.1, 0.15) is 48.9 Å². The van der Waals surface area contributed by atoms with Gasteiger partial charge in [-0.1, -0.05) is 43.5 Å². The van der Waals surface area contributed by atoms with Crippen LogP contribution < -0.4 is 11.2 Å². The minimum Gasteiger partial charge on any atom is -0.398 e. The molecule has 2 aromatic rings. The van der Waals surface area contributed by atoms with Gasteiger partial charge in [-0.25, -0.2) is 4.79 Å². The number of fused-ring (bicyclic) bond motifs is 1. The van der Waals surface area contributed by atoms with Crippen molar-refractivity contribution in [1.29, 1.82) is 0 Å². The number of nitrogen functional groups attached to an aromatic ring is 1. The van der Waals surface area contributed by atoms with Gasteiger partial charge >= 0.3 is 5.97 Å². The Bertz CT molecular complexity index is 751. The molecule has 0 aromatic heterocycles. The molecule has 5 heteroatoms. The molecule has 3 rings (SSSR count). The maximum atomic E-state index is 12.2. The molecule has 1 fully saturated rings. The molecule has 126 valence electrons. The average molecular weight is 326 g/mol. The zero-order valence-corrected chi connectivity index (χ0v) is 13.6. The van der Waals surface area contributed by atoms with Gasteiger partial charge in [0.25, 0.3) is 5.91 Å². The third-order valence-electron chi connectivity index (χ3n) is 4.60. The van der Waals surface area contributed by atoms with Crippen LogP contribution in [-0.2, 0) is 9.63 Å². The number of nitrogens with one attached hydrogen (secondary N) is 1. The minimum absolute atomic E-state index is 0.305. The summed E-state index contributed by atoms with van der Waals surface area (Å²) in [5.41, 5.74) is 8.83. The van der Waals surface area contributed by atoms with Crippen molar-refractivity contribution in [3.63, 3.8) is 0 Å². The molecule has 1 amide bonds. The van der Waals surface area contributed by atoms with Crippen molar-refractivity contribution in [3.8, 4) is 0 Å². The van der Waals surface area contributed by atoms with Crippen molar-refractivity contribution in [2.45, 2.75) is 38.5 Å². The van der Waals surface area contributed by atoms with Crippen LogP contribution in [0.3, 0.4) is 0 Å². The molecule has 0 aliphatic heterocycles. The number of hydroxylamine groups is 1. The third-order valence-corrected chi connectivity index (χ3v) is 4.60. The van der Waals surface area contributed by atoms with Gasteiger partial charge in [-0.2, -0.15) is 5.48 Å². The lowest BCUT2D eigenvalue weighted by molar-refractivity contribution is -0.150. The van der Waals surface area contributed by atoms with E-state index in [0.29, 0.717) is 23.6 Å². The smallest absolute Gasteiger partial charge is 0.332 e. The van der Waals surface area contributed by atoms with E-state index in [9.17, 15) is 9.59 Å². The fourth-order valence-corrected chi connectivity index (χ4v) is 3.28. The van der Waals surface area contributed by atoms with E-state index in [2.05, 4.69) is 5.48 Å². The molecule has 3 N–H and O–H groups in total. The summed E-state index contributed by atoms with van der Waals surface area (Å²) in [6.07, 6.45) is 6.04. The summed E-state index contributed by atoms with van der Waals surface area (Å²) in [5, 5.41) is 1.87. The van der Waals surface area contributed by atoms with E-state index in [1.54, 1.807) is 12.1 Å². The maximum absolute atomic E-state index is 12.2. The van der Waals surface area contributed by atoms with Crippen LogP contribution in [0.2, 0.25) is 0 Å². The van der Waals surface area contributed by atoms with Crippen LogP contribution in [-0.4, -0.2) is 11.9 Å². The van der Waals surface area contributed by atoms with Gasteiger partial charge in [0.1, 0.15) is 0 Å². The van der Waals surface area contributed by atoms with E-state index in [4.69, 9.17) is 10.6 Å². The number of carbonyl (C=O) groups excluding carboxylic acids is 2. The van der Waals surface area contributed by atoms with Crippen molar-refractivity contribution in [3.05, 3.63) is 42.0 Å². The van der Waals surface area contributed by atoms with E-state index in [1.807, 2.05) is 24.3 Å². The summed E-state index contributed by atoms with van der Waals surface area (Å²) < 4.78 is 0. The Morgan fingerprint density at radius 2 is 1.75 bits per heavy atom. The van der Waals surface area contributed by atoms with E-state index in [-0.39, 0.29) is 0 Å². The van der Waals surface area contributed by atoms with Gasteiger partial charge in [-0.05, 0) is 41.7 Å². The summed E-state index contributed by atoms with van der Waals surface area (Å²) in [4.78, 5) is 29.0. The number of benzene rings is 2. The standard InChI is InChI=1S/C19H22N2O3/c20-17-12-15-9-5-4-8-14(15)11-16(17)19(23)21-24-18(22)10-13-6-2-1-3-7-13/h4-5,8-9,11-13H,1-3,6-7,10,20H2,(H,21,23). The van der Waals surface area contributed by atoms with Crippen LogP contribution in [0, 0.1) is 5.92 Å². The molecule has 5 nitrogen and oxygen atoms in total. The number of hydrogen-bond donors (Lipinski definition) is 2. The highest BCUT2D eigenvalue weighted by molar-refractivity contribution is 6.03. The van der Waals surface area contributed by atoms with Gasteiger partial charge < -0.3 is 10.6 Å². The second kappa shape index (κ2) is 7.34. The predicted molar refractivity (Wildman–Crippen MR) is 93.1 cm³/mol. The second-order valence-electron chi connectivity index (χ2n) is 6.40. The zero-order chi connectivity index (χ0) is 16.9. The number of rotatable bonds is 3. The Hall–Kier alpha value is -2.56. The van der Waals surface area contributed by atoms with E-state index < -0.39 is 11.9 Å². The molecule has 24 heavy (non-hydrogen) atoms. The molecule has 1 aliphatic rings. The highest BCUT2D eigenvalue weighted by atomic mass is 16.7. The second-order valence-corrected chi connectivity index (χ2v) is 6.40. The fraction of sp³-hybridized carbons (Fsp3) is 0.368. The largest absolute Gasteiger partial charge is 0.398 e.